The van der Waals surface area contributed by atoms with Gasteiger partial charge in [-0.05, 0) is 50.9 Å². The van der Waals surface area contributed by atoms with Crippen molar-refractivity contribution in [2.24, 2.45) is 0 Å². The average Bonchev–Trinajstić information content (AvgIpc) is 2.69. The van der Waals surface area contributed by atoms with E-state index in [0.717, 1.165) is 64.2 Å². The van der Waals surface area contributed by atoms with Gasteiger partial charge in [0.25, 0.3) is 5.91 Å². The predicted molar refractivity (Wildman–Crippen MR) is 102 cm³/mol. The molecule has 0 bridgehead atoms. The lowest BCUT2D eigenvalue weighted by Gasteiger charge is -2.48. The first-order valence-electron chi connectivity index (χ1n) is 9.99. The number of carbonyl (C=O) groups excluding carboxylic acids is 1. The molecule has 0 N–H and O–H groups in total. The zero-order valence-electron chi connectivity index (χ0n) is 16.2. The molecular formula is C21H32N2O3. The molecule has 144 valence electrons. The van der Waals surface area contributed by atoms with Crippen LogP contribution >= 0.6 is 0 Å². The summed E-state index contributed by atoms with van der Waals surface area (Å²) in [5.41, 5.74) is -0.0391. The van der Waals surface area contributed by atoms with Crippen LogP contribution in [0, 0.1) is 0 Å². The van der Waals surface area contributed by atoms with Crippen LogP contribution in [0.4, 0.5) is 0 Å². The Labute approximate surface area is 157 Å². The molecule has 3 rings (SSSR count). The van der Waals surface area contributed by atoms with E-state index in [1.165, 1.54) is 0 Å². The van der Waals surface area contributed by atoms with Crippen molar-refractivity contribution in [2.45, 2.75) is 51.2 Å². The highest BCUT2D eigenvalue weighted by molar-refractivity contribution is 5.77. The van der Waals surface area contributed by atoms with Crippen molar-refractivity contribution in [1.82, 2.24) is 9.80 Å². The molecule has 0 aliphatic carbocycles. The highest BCUT2D eigenvalue weighted by atomic mass is 16.5. The molecule has 1 aromatic carbocycles. The van der Waals surface area contributed by atoms with Gasteiger partial charge < -0.3 is 19.3 Å². The van der Waals surface area contributed by atoms with E-state index in [1.54, 1.807) is 0 Å². The van der Waals surface area contributed by atoms with Gasteiger partial charge in [-0.15, -0.1) is 0 Å². The van der Waals surface area contributed by atoms with Gasteiger partial charge >= 0.3 is 0 Å². The fraction of sp³-hybridized carbons (Fsp3) is 0.667. The summed E-state index contributed by atoms with van der Waals surface area (Å²) < 4.78 is 11.8. The highest BCUT2D eigenvalue weighted by Crippen LogP contribution is 2.36. The highest BCUT2D eigenvalue weighted by Gasteiger charge is 2.42. The Bertz CT molecular complexity index is 566. The number of benzene rings is 1. The van der Waals surface area contributed by atoms with Gasteiger partial charge in [0.15, 0.2) is 6.61 Å². The van der Waals surface area contributed by atoms with E-state index in [-0.39, 0.29) is 18.1 Å². The standard InChI is InChI=1S/C21H32N2O3/c1-3-22(4-2)18-10-15-26-21(16-18)11-13-23(14-12-21)20(24)17-25-19-8-6-5-7-9-19/h5-9,18H,3-4,10-17H2,1-2H3. The van der Waals surface area contributed by atoms with E-state index < -0.39 is 0 Å². The fourth-order valence-corrected chi connectivity index (χ4v) is 4.32. The van der Waals surface area contributed by atoms with E-state index in [9.17, 15) is 4.79 Å². The second-order valence-corrected chi connectivity index (χ2v) is 7.38. The molecule has 26 heavy (non-hydrogen) atoms. The first-order chi connectivity index (χ1) is 12.7. The van der Waals surface area contributed by atoms with Gasteiger partial charge in [0.2, 0.25) is 0 Å². The number of hydrogen-bond acceptors (Lipinski definition) is 4. The molecule has 5 nitrogen and oxygen atoms in total. The predicted octanol–water partition coefficient (Wildman–Crippen LogP) is 2.95. The Balaban J connectivity index is 1.49. The van der Waals surface area contributed by atoms with Crippen molar-refractivity contribution in [3.05, 3.63) is 30.3 Å². The molecule has 2 saturated heterocycles. The van der Waals surface area contributed by atoms with E-state index in [4.69, 9.17) is 9.47 Å². The molecule has 2 heterocycles. The Morgan fingerprint density at radius 2 is 1.92 bits per heavy atom. The molecule has 5 heteroatoms. The van der Waals surface area contributed by atoms with Crippen LogP contribution in [0.5, 0.6) is 5.75 Å². The topological polar surface area (TPSA) is 42.0 Å². The van der Waals surface area contributed by atoms with Gasteiger partial charge in [0.05, 0.1) is 5.60 Å². The number of nitrogens with zero attached hydrogens (tertiary/aromatic N) is 2. The Morgan fingerprint density at radius 1 is 1.23 bits per heavy atom. The number of likely N-dealkylation sites (tertiary alicyclic amines) is 1. The van der Waals surface area contributed by atoms with Crippen LogP contribution < -0.4 is 4.74 Å². The quantitative estimate of drug-likeness (QED) is 0.782. The second-order valence-electron chi connectivity index (χ2n) is 7.38. The SMILES string of the molecule is CCN(CC)C1CCOC2(CCN(C(=O)COc3ccccc3)CC2)C1. The molecule has 1 aromatic rings. The first-order valence-corrected chi connectivity index (χ1v) is 9.99. The van der Waals surface area contributed by atoms with Crippen molar-refractivity contribution in [3.8, 4) is 5.75 Å². The lowest BCUT2D eigenvalue weighted by Crippen LogP contribution is -2.55. The summed E-state index contributed by atoms with van der Waals surface area (Å²) >= 11 is 0. The van der Waals surface area contributed by atoms with Crippen LogP contribution in [-0.2, 0) is 9.53 Å². The molecule has 0 saturated carbocycles. The third-order valence-electron chi connectivity index (χ3n) is 5.93. The number of ether oxygens (including phenoxy) is 2. The van der Waals surface area contributed by atoms with Crippen LogP contribution in [0.15, 0.2) is 30.3 Å². The Hall–Kier alpha value is -1.59. The van der Waals surface area contributed by atoms with E-state index in [2.05, 4.69) is 18.7 Å². The van der Waals surface area contributed by atoms with Gasteiger partial charge in [0, 0.05) is 25.7 Å². The van der Waals surface area contributed by atoms with Gasteiger partial charge in [-0.25, -0.2) is 0 Å². The maximum atomic E-state index is 12.5. The van der Waals surface area contributed by atoms with E-state index >= 15 is 0 Å². The molecule has 1 amide bonds. The summed E-state index contributed by atoms with van der Waals surface area (Å²) in [6, 6.07) is 10.1. The monoisotopic (exact) mass is 360 g/mol. The molecule has 1 unspecified atom stereocenters. The second kappa shape index (κ2) is 8.87. The van der Waals surface area contributed by atoms with Gasteiger partial charge in [-0.1, -0.05) is 32.0 Å². The van der Waals surface area contributed by atoms with Gasteiger partial charge in [-0.2, -0.15) is 0 Å². The first kappa shape index (κ1) is 19.2. The van der Waals surface area contributed by atoms with E-state index in [0.29, 0.717) is 6.04 Å². The molecule has 2 fully saturated rings. The third-order valence-corrected chi connectivity index (χ3v) is 5.93. The molecule has 1 atom stereocenters. The number of rotatable bonds is 6. The number of para-hydroxylation sites is 1. The lowest BCUT2D eigenvalue weighted by atomic mass is 9.81. The molecule has 0 aromatic heterocycles. The molecule has 1 spiro atoms. The third kappa shape index (κ3) is 4.57. The Kier molecular flexibility index (Phi) is 6.54. The smallest absolute Gasteiger partial charge is 0.260 e. The van der Waals surface area contributed by atoms with E-state index in [1.807, 2.05) is 35.2 Å². The van der Waals surface area contributed by atoms with Crippen LogP contribution in [0.1, 0.15) is 39.5 Å². The molecule has 2 aliphatic heterocycles. The zero-order valence-corrected chi connectivity index (χ0v) is 16.2. The minimum atomic E-state index is -0.0391. The minimum Gasteiger partial charge on any atom is -0.484 e. The number of hydrogen-bond donors (Lipinski definition) is 0. The molecule has 2 aliphatic rings. The van der Waals surface area contributed by atoms with Crippen molar-refractivity contribution in [3.63, 3.8) is 0 Å². The average molecular weight is 360 g/mol. The van der Waals surface area contributed by atoms with Crippen LogP contribution in [0.2, 0.25) is 0 Å². The summed E-state index contributed by atoms with van der Waals surface area (Å²) in [5.74, 6) is 0.812. The van der Waals surface area contributed by atoms with Crippen molar-refractivity contribution in [2.75, 3.05) is 39.4 Å². The zero-order chi connectivity index (χ0) is 18.4. The summed E-state index contributed by atoms with van der Waals surface area (Å²) in [4.78, 5) is 16.9. The minimum absolute atomic E-state index is 0.0391. The summed E-state index contributed by atoms with van der Waals surface area (Å²) in [7, 11) is 0. The molecule has 0 radical (unpaired) electrons. The summed E-state index contributed by atoms with van der Waals surface area (Å²) in [6.45, 7) is 9.15. The van der Waals surface area contributed by atoms with Crippen molar-refractivity contribution in [1.29, 1.82) is 0 Å². The normalized spacial score (nSPS) is 22.6. The maximum Gasteiger partial charge on any atom is 0.260 e. The van der Waals surface area contributed by atoms with Crippen LogP contribution in [0.3, 0.4) is 0 Å². The lowest BCUT2D eigenvalue weighted by molar-refractivity contribution is -0.150. The van der Waals surface area contributed by atoms with Gasteiger partial charge in [-0.3, -0.25) is 4.79 Å². The van der Waals surface area contributed by atoms with Gasteiger partial charge in [0.1, 0.15) is 5.75 Å². The van der Waals surface area contributed by atoms with Crippen molar-refractivity contribution >= 4 is 5.91 Å². The fourth-order valence-electron chi connectivity index (χ4n) is 4.32. The maximum absolute atomic E-state index is 12.5. The number of amides is 1. The van der Waals surface area contributed by atoms with Crippen molar-refractivity contribution < 1.29 is 14.3 Å². The largest absolute Gasteiger partial charge is 0.484 e. The Morgan fingerprint density at radius 3 is 2.58 bits per heavy atom. The molecular weight excluding hydrogens is 328 g/mol. The number of piperidine rings is 1. The summed E-state index contributed by atoms with van der Waals surface area (Å²) in [5, 5.41) is 0. The van der Waals surface area contributed by atoms with Crippen LogP contribution in [0.25, 0.3) is 0 Å². The van der Waals surface area contributed by atoms with Crippen LogP contribution in [-0.4, -0.2) is 66.7 Å². The number of carbonyl (C=O) groups is 1. The summed E-state index contributed by atoms with van der Waals surface area (Å²) in [6.07, 6.45) is 4.08.